The van der Waals surface area contributed by atoms with Crippen molar-refractivity contribution >= 4 is 5.97 Å². The summed E-state index contributed by atoms with van der Waals surface area (Å²) in [6.07, 6.45) is 15.7. The average molecular weight is 388 g/mol. The third-order valence-electron chi connectivity index (χ3n) is 3.12. The Labute approximate surface area is 160 Å². The Morgan fingerprint density at radius 3 is 2.14 bits per heavy atom. The molecular weight excluding hydrogens is 357 g/mol. The molecule has 0 saturated heterocycles. The molecule has 0 aromatic carbocycles. The van der Waals surface area contributed by atoms with Gasteiger partial charge >= 0.3 is 0 Å². The summed E-state index contributed by atoms with van der Waals surface area (Å²) in [7, 11) is 0. The maximum Gasteiger partial charge on any atom is 0.0862 e. The van der Waals surface area contributed by atoms with Gasteiger partial charge in [0.05, 0.1) is 25.8 Å². The molecule has 0 fully saturated rings. The van der Waals surface area contributed by atoms with Crippen LogP contribution < -0.4 is 5.11 Å². The van der Waals surface area contributed by atoms with Crippen LogP contribution in [0, 0.1) is 0 Å². The standard InChI is InChI=1S/C17H32O4.Y/c1-2-3-4-5-6-7-8-9-10-11-12-13-20-14-15-21-16-17(18)19;/h4-5H,2-3,6-16H2,1H3,(H,18,19);/p-1/b5-4-;. The molecule has 0 bridgehead atoms. The maximum atomic E-state index is 10.1. The first-order valence-corrected chi connectivity index (χ1v) is 8.27. The second kappa shape index (κ2) is 21.2. The van der Waals surface area contributed by atoms with Gasteiger partial charge in [0, 0.05) is 39.3 Å². The first-order chi connectivity index (χ1) is 10.3. The molecule has 0 aromatic heterocycles. The van der Waals surface area contributed by atoms with Gasteiger partial charge in [-0.15, -0.1) is 0 Å². The van der Waals surface area contributed by atoms with Crippen molar-refractivity contribution in [2.24, 2.45) is 0 Å². The van der Waals surface area contributed by atoms with Crippen LogP contribution >= 0.6 is 0 Å². The number of rotatable bonds is 16. The zero-order valence-electron chi connectivity index (χ0n) is 14.1. The second-order valence-corrected chi connectivity index (χ2v) is 5.21. The number of unbranched alkanes of at least 4 members (excludes halogenated alkanes) is 7. The van der Waals surface area contributed by atoms with E-state index in [0.717, 1.165) is 13.0 Å². The third-order valence-corrected chi connectivity index (χ3v) is 3.12. The molecule has 0 aliphatic rings. The summed E-state index contributed by atoms with van der Waals surface area (Å²) in [5.74, 6) is -1.18. The molecule has 0 atom stereocenters. The van der Waals surface area contributed by atoms with Crippen LogP contribution in [0.5, 0.6) is 0 Å². The Kier molecular flexibility index (Phi) is 23.6. The van der Waals surface area contributed by atoms with Crippen LogP contribution in [0.3, 0.4) is 0 Å². The fraction of sp³-hybridized carbons (Fsp3) is 0.824. The Morgan fingerprint density at radius 1 is 0.864 bits per heavy atom. The molecule has 0 aliphatic carbocycles. The Morgan fingerprint density at radius 2 is 1.45 bits per heavy atom. The smallest absolute Gasteiger partial charge is 0.0862 e. The van der Waals surface area contributed by atoms with Gasteiger partial charge in [-0.1, -0.05) is 51.2 Å². The molecule has 0 heterocycles. The van der Waals surface area contributed by atoms with E-state index in [1.807, 2.05) is 0 Å². The van der Waals surface area contributed by atoms with Crippen LogP contribution in [0.25, 0.3) is 0 Å². The maximum absolute atomic E-state index is 10.1. The normalized spacial score (nSPS) is 10.8. The molecule has 127 valence electrons. The van der Waals surface area contributed by atoms with Crippen LogP contribution in [0.1, 0.15) is 64.7 Å². The summed E-state index contributed by atoms with van der Waals surface area (Å²) in [6.45, 7) is 3.36. The van der Waals surface area contributed by atoms with Crippen molar-refractivity contribution in [2.75, 3.05) is 26.4 Å². The van der Waals surface area contributed by atoms with E-state index < -0.39 is 5.97 Å². The van der Waals surface area contributed by atoms with E-state index in [-0.39, 0.29) is 39.3 Å². The number of carbonyl (C=O) groups excluding carboxylic acids is 1. The predicted octanol–water partition coefficient (Wildman–Crippen LogP) is 2.85. The molecule has 1 radical (unpaired) electrons. The minimum absolute atomic E-state index is 0. The van der Waals surface area contributed by atoms with Gasteiger partial charge in [0.2, 0.25) is 0 Å². The van der Waals surface area contributed by atoms with Crippen molar-refractivity contribution in [3.63, 3.8) is 0 Å². The van der Waals surface area contributed by atoms with Gasteiger partial charge in [-0.2, -0.15) is 0 Å². The van der Waals surface area contributed by atoms with Crippen molar-refractivity contribution in [1.82, 2.24) is 0 Å². The van der Waals surface area contributed by atoms with Crippen LogP contribution in [0.4, 0.5) is 0 Å². The minimum Gasteiger partial charge on any atom is -0.548 e. The number of carboxylic acids is 1. The molecule has 0 saturated carbocycles. The van der Waals surface area contributed by atoms with Gasteiger partial charge in [-0.3, -0.25) is 0 Å². The van der Waals surface area contributed by atoms with Gasteiger partial charge < -0.3 is 19.4 Å². The van der Waals surface area contributed by atoms with E-state index in [4.69, 9.17) is 9.47 Å². The number of carbonyl (C=O) groups is 1. The van der Waals surface area contributed by atoms with Gasteiger partial charge in [-0.25, -0.2) is 0 Å². The summed E-state index contributed by atoms with van der Waals surface area (Å²) in [4.78, 5) is 10.1. The van der Waals surface area contributed by atoms with E-state index in [9.17, 15) is 9.90 Å². The summed E-state index contributed by atoms with van der Waals surface area (Å²) in [6, 6.07) is 0. The molecule has 0 aliphatic heterocycles. The van der Waals surface area contributed by atoms with E-state index in [0.29, 0.717) is 13.2 Å². The zero-order chi connectivity index (χ0) is 15.6. The van der Waals surface area contributed by atoms with Crippen LogP contribution in [-0.4, -0.2) is 32.4 Å². The molecule has 0 N–H and O–H groups in total. The van der Waals surface area contributed by atoms with E-state index in [2.05, 4.69) is 19.1 Å². The molecule has 5 heteroatoms. The van der Waals surface area contributed by atoms with Crippen molar-refractivity contribution in [2.45, 2.75) is 64.7 Å². The van der Waals surface area contributed by atoms with Crippen molar-refractivity contribution < 1.29 is 52.1 Å². The quantitative estimate of drug-likeness (QED) is 0.301. The fourth-order valence-corrected chi connectivity index (χ4v) is 1.95. The second-order valence-electron chi connectivity index (χ2n) is 5.21. The fourth-order valence-electron chi connectivity index (χ4n) is 1.95. The summed E-state index contributed by atoms with van der Waals surface area (Å²) in [5.41, 5.74) is 0. The van der Waals surface area contributed by atoms with Gasteiger partial charge in [-0.05, 0) is 25.7 Å². The number of hydrogen-bond acceptors (Lipinski definition) is 4. The van der Waals surface area contributed by atoms with Crippen LogP contribution in [0.15, 0.2) is 12.2 Å². The predicted molar refractivity (Wildman–Crippen MR) is 83.0 cm³/mol. The zero-order valence-corrected chi connectivity index (χ0v) is 16.9. The number of hydrogen-bond donors (Lipinski definition) is 0. The Bertz CT molecular complexity index is 257. The molecule has 0 rings (SSSR count). The molecule has 0 aromatic rings. The number of allylic oxidation sites excluding steroid dienone is 2. The van der Waals surface area contributed by atoms with Crippen molar-refractivity contribution in [3.05, 3.63) is 12.2 Å². The van der Waals surface area contributed by atoms with Crippen LogP contribution in [0.2, 0.25) is 0 Å². The Balaban J connectivity index is 0. The molecule has 0 spiro atoms. The number of carboxylic acid groups (broad SMARTS) is 1. The van der Waals surface area contributed by atoms with E-state index in [1.165, 1.54) is 51.4 Å². The SMILES string of the molecule is CCC/C=C\CCCCCCCCOCCOCC(=O)[O-].[Y]. The molecule has 0 unspecified atom stereocenters. The van der Waals surface area contributed by atoms with Crippen LogP contribution in [-0.2, 0) is 47.0 Å². The molecular formula is C17H31O4Y-. The molecule has 22 heavy (non-hydrogen) atoms. The summed E-state index contributed by atoms with van der Waals surface area (Å²) < 4.78 is 10.2. The number of aliphatic carboxylic acids is 1. The van der Waals surface area contributed by atoms with Crippen molar-refractivity contribution in [1.29, 1.82) is 0 Å². The van der Waals surface area contributed by atoms with E-state index in [1.54, 1.807) is 0 Å². The first kappa shape index (κ1) is 24.5. The van der Waals surface area contributed by atoms with E-state index >= 15 is 0 Å². The number of ether oxygens (including phenoxy) is 2. The Hall–Kier alpha value is 0.234. The monoisotopic (exact) mass is 388 g/mol. The summed E-state index contributed by atoms with van der Waals surface area (Å²) in [5, 5.41) is 10.1. The average Bonchev–Trinajstić information content (AvgIpc) is 2.46. The topological polar surface area (TPSA) is 58.6 Å². The van der Waals surface area contributed by atoms with Gasteiger partial charge in [0.1, 0.15) is 0 Å². The first-order valence-electron chi connectivity index (χ1n) is 8.27. The molecule has 4 nitrogen and oxygen atoms in total. The van der Waals surface area contributed by atoms with Crippen molar-refractivity contribution in [3.8, 4) is 0 Å². The minimum atomic E-state index is -1.18. The third kappa shape index (κ3) is 22.5. The van der Waals surface area contributed by atoms with Gasteiger partial charge in [0.15, 0.2) is 0 Å². The molecule has 0 amide bonds. The largest absolute Gasteiger partial charge is 0.548 e. The van der Waals surface area contributed by atoms with Gasteiger partial charge in [0.25, 0.3) is 0 Å². The summed E-state index contributed by atoms with van der Waals surface area (Å²) >= 11 is 0.